The Morgan fingerprint density at radius 3 is 1.86 bits per heavy atom. The Labute approximate surface area is 211 Å². The molecule has 0 amide bonds. The molecule has 0 unspecified atom stereocenters. The van der Waals surface area contributed by atoms with Crippen LogP contribution in [0.5, 0.6) is 11.5 Å². The number of hydrogen-bond acceptors (Lipinski definition) is 5. The van der Waals surface area contributed by atoms with Crippen LogP contribution in [0.3, 0.4) is 0 Å². The quantitative estimate of drug-likeness (QED) is 0.345. The summed E-state index contributed by atoms with van der Waals surface area (Å²) in [6.07, 6.45) is 2.29. The maximum atomic E-state index is 11.3. The molecule has 0 heterocycles. The Bertz CT molecular complexity index is 969. The predicted molar refractivity (Wildman–Crippen MR) is 141 cm³/mol. The maximum Gasteiger partial charge on any atom is 0.158 e. The number of carbonyl (C=O) groups is 1. The third kappa shape index (κ3) is 7.31. The molecular weight excluding hydrogens is 440 g/mol. The van der Waals surface area contributed by atoms with Crippen molar-refractivity contribution in [3.8, 4) is 11.5 Å². The zero-order valence-electron chi connectivity index (χ0n) is 22.6. The first-order valence-electron chi connectivity index (χ1n) is 12.8. The number of aliphatic hydroxyl groups excluding tert-OH is 2. The number of rotatable bonds is 13. The van der Waals surface area contributed by atoms with Gasteiger partial charge in [-0.3, -0.25) is 4.79 Å². The standard InChI is InChI=1S/C30H44O5/c1-8-30(9-2,23-12-14-26(21(3)17-23)34-16-10-11-25(32)19-31)24-13-15-27(22(4)18-24)35-20-28(33)29(5,6)7/h12-15,17-18,28,31,33H,8-11,16,19-20H2,1-7H3/t28-/m0/s1. The molecule has 1 atom stereocenters. The van der Waals surface area contributed by atoms with Gasteiger partial charge in [-0.2, -0.15) is 0 Å². The predicted octanol–water partition coefficient (Wildman–Crippen LogP) is 5.92. The van der Waals surface area contributed by atoms with Crippen molar-refractivity contribution in [2.45, 2.75) is 85.7 Å². The van der Waals surface area contributed by atoms with Crippen LogP contribution in [0.2, 0.25) is 0 Å². The first-order chi connectivity index (χ1) is 16.5. The van der Waals surface area contributed by atoms with Gasteiger partial charge < -0.3 is 19.7 Å². The molecule has 2 rings (SSSR count). The number of ether oxygens (including phenoxy) is 2. The van der Waals surface area contributed by atoms with E-state index in [0.717, 1.165) is 35.5 Å². The summed E-state index contributed by atoms with van der Waals surface area (Å²) in [7, 11) is 0. The fourth-order valence-corrected chi connectivity index (χ4v) is 4.40. The molecule has 0 fully saturated rings. The van der Waals surface area contributed by atoms with Crippen LogP contribution in [-0.2, 0) is 10.2 Å². The van der Waals surface area contributed by atoms with Gasteiger partial charge in [0.05, 0.1) is 12.7 Å². The highest BCUT2D eigenvalue weighted by molar-refractivity contribution is 5.79. The van der Waals surface area contributed by atoms with Crippen LogP contribution in [-0.4, -0.2) is 41.9 Å². The van der Waals surface area contributed by atoms with Gasteiger partial charge in [0.25, 0.3) is 0 Å². The molecule has 5 nitrogen and oxygen atoms in total. The lowest BCUT2D eigenvalue weighted by Gasteiger charge is -2.34. The van der Waals surface area contributed by atoms with E-state index < -0.39 is 12.7 Å². The van der Waals surface area contributed by atoms with Crippen molar-refractivity contribution < 1.29 is 24.5 Å². The Morgan fingerprint density at radius 1 is 0.914 bits per heavy atom. The maximum absolute atomic E-state index is 11.3. The lowest BCUT2D eigenvalue weighted by atomic mass is 9.70. The zero-order valence-corrected chi connectivity index (χ0v) is 22.6. The molecule has 0 radical (unpaired) electrons. The van der Waals surface area contributed by atoms with Gasteiger partial charge in [0.15, 0.2) is 5.78 Å². The molecule has 35 heavy (non-hydrogen) atoms. The average molecular weight is 485 g/mol. The molecule has 0 aromatic heterocycles. The second-order valence-electron chi connectivity index (χ2n) is 10.6. The molecule has 0 saturated carbocycles. The summed E-state index contributed by atoms with van der Waals surface area (Å²) in [5.74, 6) is 1.47. The van der Waals surface area contributed by atoms with E-state index in [0.29, 0.717) is 19.4 Å². The first kappa shape index (κ1) is 28.9. The van der Waals surface area contributed by atoms with Gasteiger partial charge in [-0.1, -0.05) is 58.9 Å². The molecule has 0 spiro atoms. The van der Waals surface area contributed by atoms with Crippen molar-refractivity contribution in [3.05, 3.63) is 58.7 Å². The molecule has 2 aromatic carbocycles. The molecule has 2 N–H and O–H groups in total. The van der Waals surface area contributed by atoms with Crippen molar-refractivity contribution in [1.82, 2.24) is 0 Å². The van der Waals surface area contributed by atoms with Crippen LogP contribution in [0, 0.1) is 19.3 Å². The molecule has 0 aliphatic heterocycles. The van der Waals surface area contributed by atoms with E-state index in [1.807, 2.05) is 32.9 Å². The number of benzene rings is 2. The molecule has 0 bridgehead atoms. The monoisotopic (exact) mass is 484 g/mol. The van der Waals surface area contributed by atoms with Crippen molar-refractivity contribution in [3.63, 3.8) is 0 Å². The normalized spacial score (nSPS) is 12.9. The smallest absolute Gasteiger partial charge is 0.158 e. The number of Topliss-reactive ketones (excluding diaryl/α,β-unsaturated/α-hetero) is 1. The third-order valence-corrected chi connectivity index (χ3v) is 7.09. The first-order valence-corrected chi connectivity index (χ1v) is 12.8. The van der Waals surface area contributed by atoms with Crippen LogP contribution in [0.4, 0.5) is 0 Å². The van der Waals surface area contributed by atoms with Gasteiger partial charge in [-0.05, 0) is 72.9 Å². The Hall–Kier alpha value is -2.37. The fraction of sp³-hybridized carbons (Fsp3) is 0.567. The molecule has 194 valence electrons. The van der Waals surface area contributed by atoms with Crippen molar-refractivity contribution in [2.75, 3.05) is 19.8 Å². The minimum atomic E-state index is -0.536. The lowest BCUT2D eigenvalue weighted by Crippen LogP contribution is -2.32. The van der Waals surface area contributed by atoms with Gasteiger partial charge in [0.1, 0.15) is 24.7 Å². The van der Waals surface area contributed by atoms with Gasteiger partial charge in [-0.25, -0.2) is 0 Å². The molecule has 0 aliphatic rings. The SMILES string of the molecule is CCC(CC)(c1ccc(OCCCC(=O)CO)c(C)c1)c1ccc(OC[C@H](O)C(C)(C)C)c(C)c1. The van der Waals surface area contributed by atoms with Crippen LogP contribution < -0.4 is 9.47 Å². The van der Waals surface area contributed by atoms with Gasteiger partial charge in [-0.15, -0.1) is 0 Å². The number of ketones is 1. The molecular formula is C30H44O5. The summed E-state index contributed by atoms with van der Waals surface area (Å²) in [4.78, 5) is 11.3. The second kappa shape index (κ2) is 12.5. The summed E-state index contributed by atoms with van der Waals surface area (Å²) in [5, 5.41) is 19.2. The van der Waals surface area contributed by atoms with E-state index in [1.165, 1.54) is 11.1 Å². The number of carbonyl (C=O) groups excluding carboxylic acids is 1. The zero-order chi connectivity index (χ0) is 26.2. The highest BCUT2D eigenvalue weighted by Gasteiger charge is 2.32. The Morgan fingerprint density at radius 2 is 1.43 bits per heavy atom. The molecule has 0 aliphatic carbocycles. The topological polar surface area (TPSA) is 76.0 Å². The van der Waals surface area contributed by atoms with E-state index in [9.17, 15) is 9.90 Å². The van der Waals surface area contributed by atoms with E-state index in [1.54, 1.807) is 0 Å². The number of aliphatic hydroxyl groups is 2. The van der Waals surface area contributed by atoms with Crippen LogP contribution in [0.1, 0.15) is 82.6 Å². The van der Waals surface area contributed by atoms with Crippen molar-refractivity contribution in [1.29, 1.82) is 0 Å². The van der Waals surface area contributed by atoms with Crippen LogP contribution in [0.15, 0.2) is 36.4 Å². The summed E-state index contributed by atoms with van der Waals surface area (Å²) < 4.78 is 11.9. The van der Waals surface area contributed by atoms with E-state index in [2.05, 4.69) is 52.0 Å². The highest BCUT2D eigenvalue weighted by atomic mass is 16.5. The molecule has 2 aromatic rings. The fourth-order valence-electron chi connectivity index (χ4n) is 4.40. The second-order valence-corrected chi connectivity index (χ2v) is 10.6. The third-order valence-electron chi connectivity index (χ3n) is 7.09. The molecule has 0 saturated heterocycles. The van der Waals surface area contributed by atoms with E-state index >= 15 is 0 Å². The average Bonchev–Trinajstić information content (AvgIpc) is 2.82. The minimum absolute atomic E-state index is 0.134. The van der Waals surface area contributed by atoms with Gasteiger partial charge >= 0.3 is 0 Å². The Balaban J connectivity index is 2.23. The number of aryl methyl sites for hydroxylation is 2. The minimum Gasteiger partial charge on any atom is -0.493 e. The van der Waals surface area contributed by atoms with Crippen LogP contribution >= 0.6 is 0 Å². The summed E-state index contributed by atoms with van der Waals surface area (Å²) >= 11 is 0. The summed E-state index contributed by atoms with van der Waals surface area (Å²) in [6, 6.07) is 12.8. The Kier molecular flexibility index (Phi) is 10.3. The van der Waals surface area contributed by atoms with Crippen molar-refractivity contribution >= 4 is 5.78 Å². The van der Waals surface area contributed by atoms with Gasteiger partial charge in [0.2, 0.25) is 0 Å². The van der Waals surface area contributed by atoms with Gasteiger partial charge in [0, 0.05) is 11.8 Å². The molecule has 5 heteroatoms. The van der Waals surface area contributed by atoms with Crippen molar-refractivity contribution in [2.24, 2.45) is 5.41 Å². The van der Waals surface area contributed by atoms with Crippen LogP contribution in [0.25, 0.3) is 0 Å². The lowest BCUT2D eigenvalue weighted by molar-refractivity contribution is -0.121. The summed E-state index contributed by atoms with van der Waals surface area (Å²) in [6.45, 7) is 14.9. The largest absolute Gasteiger partial charge is 0.493 e. The van der Waals surface area contributed by atoms with E-state index in [4.69, 9.17) is 14.6 Å². The number of hydrogen-bond donors (Lipinski definition) is 2. The highest BCUT2D eigenvalue weighted by Crippen LogP contribution is 2.41. The summed E-state index contributed by atoms with van der Waals surface area (Å²) in [5.41, 5.74) is 4.26. The van der Waals surface area contributed by atoms with E-state index in [-0.39, 0.29) is 23.2 Å².